The van der Waals surface area contributed by atoms with Crippen LogP contribution < -0.4 is 5.32 Å². The molecule has 2 N–H and O–H groups in total. The smallest absolute Gasteiger partial charge is 0.0402 e. The molecule has 2 atom stereocenters. The van der Waals surface area contributed by atoms with E-state index in [1.807, 2.05) is 0 Å². The number of hydrogen-bond donors (Lipinski definition) is 2. The molecule has 1 saturated carbocycles. The molecule has 1 fully saturated rings. The number of nitrogens with one attached hydrogen (secondary N) is 1. The predicted octanol–water partition coefficient (Wildman–Crippen LogP) is 1.64. The molecular weight excluding hydrogens is 150 g/mol. The third-order valence-electron chi connectivity index (χ3n) is 2.64. The van der Waals surface area contributed by atoms with Crippen LogP contribution in [0.3, 0.4) is 0 Å². The van der Waals surface area contributed by atoms with Gasteiger partial charge in [-0.15, -0.1) is 0 Å². The molecule has 1 rings (SSSR count). The molecule has 12 heavy (non-hydrogen) atoms. The number of hydrogen-bond acceptors (Lipinski definition) is 2. The maximum atomic E-state index is 7.57. The molecule has 0 aromatic rings. The molecule has 2 nitrogen and oxygen atoms in total. The summed E-state index contributed by atoms with van der Waals surface area (Å²) >= 11 is 0. The molecule has 1 aliphatic rings. The van der Waals surface area contributed by atoms with Crippen LogP contribution in [0, 0.1) is 11.8 Å². The van der Waals surface area contributed by atoms with Crippen molar-refractivity contribution in [1.82, 2.24) is 5.32 Å². The van der Waals surface area contributed by atoms with Gasteiger partial charge in [0.15, 0.2) is 0 Å². The second-order valence-electron chi connectivity index (χ2n) is 3.66. The van der Waals surface area contributed by atoms with E-state index in [0.717, 1.165) is 17.9 Å². The maximum absolute atomic E-state index is 7.57. The van der Waals surface area contributed by atoms with Crippen molar-refractivity contribution in [3.63, 3.8) is 0 Å². The Hall–Kier alpha value is -0.0800. The Morgan fingerprint density at radius 3 is 1.75 bits per heavy atom. The Bertz CT molecular complexity index is 96.0. The zero-order valence-corrected chi connectivity index (χ0v) is 8.80. The van der Waals surface area contributed by atoms with Gasteiger partial charge < -0.3 is 10.4 Å². The van der Waals surface area contributed by atoms with Crippen LogP contribution in [0.1, 0.15) is 33.6 Å². The minimum atomic E-state index is 0.250. The van der Waals surface area contributed by atoms with Gasteiger partial charge in [-0.3, -0.25) is 0 Å². The molecule has 0 bridgehead atoms. The molecule has 0 spiro atoms. The lowest BCUT2D eigenvalue weighted by Gasteiger charge is -2.18. The van der Waals surface area contributed by atoms with Gasteiger partial charge in [-0.1, -0.05) is 13.8 Å². The van der Waals surface area contributed by atoms with Crippen molar-refractivity contribution in [3.8, 4) is 0 Å². The van der Waals surface area contributed by atoms with Crippen molar-refractivity contribution >= 4 is 0 Å². The zero-order chi connectivity index (χ0) is 9.56. The van der Waals surface area contributed by atoms with Crippen LogP contribution in [0.5, 0.6) is 0 Å². The van der Waals surface area contributed by atoms with Crippen LogP contribution in [0.15, 0.2) is 0 Å². The Kier molecular flexibility index (Phi) is 6.39. The van der Waals surface area contributed by atoms with Crippen LogP contribution in [-0.2, 0) is 0 Å². The second kappa shape index (κ2) is 6.44. The molecule has 1 aliphatic carbocycles. The number of aliphatic hydroxyl groups excluding tert-OH is 1. The van der Waals surface area contributed by atoms with Gasteiger partial charge in [0.2, 0.25) is 0 Å². The molecule has 2 heteroatoms. The highest BCUT2D eigenvalue weighted by atomic mass is 16.2. The third-order valence-corrected chi connectivity index (χ3v) is 2.64. The molecule has 0 aliphatic heterocycles. The first kappa shape index (κ1) is 11.9. The van der Waals surface area contributed by atoms with Crippen molar-refractivity contribution in [3.05, 3.63) is 0 Å². The first-order chi connectivity index (χ1) is 5.67. The summed E-state index contributed by atoms with van der Waals surface area (Å²) in [4.78, 5) is 0. The van der Waals surface area contributed by atoms with E-state index in [1.54, 1.807) is 6.92 Å². The average molecular weight is 173 g/mol. The molecule has 0 heterocycles. The van der Waals surface area contributed by atoms with Gasteiger partial charge in [-0.05, 0) is 38.6 Å². The van der Waals surface area contributed by atoms with Gasteiger partial charge in [-0.2, -0.15) is 0 Å². The molecule has 0 amide bonds. The van der Waals surface area contributed by atoms with E-state index in [-0.39, 0.29) is 6.61 Å². The number of rotatable bonds is 1. The summed E-state index contributed by atoms with van der Waals surface area (Å²) in [6, 6.07) is 0.782. The molecular formula is C10H23NO. The molecule has 0 aromatic heterocycles. The van der Waals surface area contributed by atoms with E-state index in [2.05, 4.69) is 26.2 Å². The molecule has 0 saturated heterocycles. The van der Waals surface area contributed by atoms with Crippen LogP contribution in [0.2, 0.25) is 0 Å². The maximum Gasteiger partial charge on any atom is 0.0402 e. The first-order valence-electron chi connectivity index (χ1n) is 4.95. The van der Waals surface area contributed by atoms with Crippen molar-refractivity contribution in [2.45, 2.75) is 39.7 Å². The van der Waals surface area contributed by atoms with Gasteiger partial charge in [0.05, 0.1) is 0 Å². The van der Waals surface area contributed by atoms with E-state index in [4.69, 9.17) is 5.11 Å². The van der Waals surface area contributed by atoms with Crippen molar-refractivity contribution in [2.75, 3.05) is 13.7 Å². The average Bonchev–Trinajstić information content (AvgIpc) is 2.33. The van der Waals surface area contributed by atoms with Crippen LogP contribution in [0.25, 0.3) is 0 Å². The van der Waals surface area contributed by atoms with Crippen molar-refractivity contribution < 1.29 is 5.11 Å². The Morgan fingerprint density at radius 1 is 1.25 bits per heavy atom. The van der Waals surface area contributed by atoms with Gasteiger partial charge in [-0.25, -0.2) is 0 Å². The van der Waals surface area contributed by atoms with E-state index in [9.17, 15) is 0 Å². The summed E-state index contributed by atoms with van der Waals surface area (Å²) in [6.45, 7) is 6.61. The zero-order valence-electron chi connectivity index (χ0n) is 8.80. The lowest BCUT2D eigenvalue weighted by Crippen LogP contribution is -2.32. The first-order valence-corrected chi connectivity index (χ1v) is 4.95. The highest BCUT2D eigenvalue weighted by molar-refractivity contribution is 4.84. The summed E-state index contributed by atoms with van der Waals surface area (Å²) in [5, 5.41) is 10.9. The Balaban J connectivity index is 0.000000354. The molecule has 0 aromatic carbocycles. The largest absolute Gasteiger partial charge is 0.397 e. The lowest BCUT2D eigenvalue weighted by atomic mass is 10.0. The predicted molar refractivity (Wildman–Crippen MR) is 53.2 cm³/mol. The van der Waals surface area contributed by atoms with E-state index in [0.29, 0.717) is 0 Å². The van der Waals surface area contributed by atoms with Crippen LogP contribution in [0.4, 0.5) is 0 Å². The van der Waals surface area contributed by atoms with Crippen molar-refractivity contribution in [2.24, 2.45) is 11.8 Å². The van der Waals surface area contributed by atoms with E-state index in [1.165, 1.54) is 12.8 Å². The highest BCUT2D eigenvalue weighted by Gasteiger charge is 2.28. The second-order valence-corrected chi connectivity index (χ2v) is 3.66. The fraction of sp³-hybridized carbons (Fsp3) is 1.00. The molecule has 2 unspecified atom stereocenters. The molecule has 0 radical (unpaired) electrons. The quantitative estimate of drug-likeness (QED) is 0.632. The Labute approximate surface area is 76.4 Å². The van der Waals surface area contributed by atoms with Gasteiger partial charge in [0, 0.05) is 12.6 Å². The van der Waals surface area contributed by atoms with Gasteiger partial charge in [0.25, 0.3) is 0 Å². The normalized spacial score (nSPS) is 34.2. The minimum absolute atomic E-state index is 0.250. The minimum Gasteiger partial charge on any atom is -0.397 e. The number of aliphatic hydroxyl groups is 1. The van der Waals surface area contributed by atoms with E-state index < -0.39 is 0 Å². The SMILES string of the molecule is CCO.CNC1C(C)CCC1C. The van der Waals surface area contributed by atoms with Crippen molar-refractivity contribution in [1.29, 1.82) is 0 Å². The van der Waals surface area contributed by atoms with Crippen LogP contribution >= 0.6 is 0 Å². The molecule has 74 valence electrons. The monoisotopic (exact) mass is 173 g/mol. The Morgan fingerprint density at radius 2 is 1.58 bits per heavy atom. The van der Waals surface area contributed by atoms with Gasteiger partial charge in [0.1, 0.15) is 0 Å². The fourth-order valence-electron chi connectivity index (χ4n) is 2.01. The topological polar surface area (TPSA) is 32.3 Å². The summed E-state index contributed by atoms with van der Waals surface area (Å²) in [5.41, 5.74) is 0. The summed E-state index contributed by atoms with van der Waals surface area (Å²) in [7, 11) is 2.07. The van der Waals surface area contributed by atoms with Gasteiger partial charge >= 0.3 is 0 Å². The van der Waals surface area contributed by atoms with Crippen LogP contribution in [-0.4, -0.2) is 24.8 Å². The fourth-order valence-corrected chi connectivity index (χ4v) is 2.01. The summed E-state index contributed by atoms with van der Waals surface area (Å²) < 4.78 is 0. The highest BCUT2D eigenvalue weighted by Crippen LogP contribution is 2.29. The third kappa shape index (κ3) is 3.55. The summed E-state index contributed by atoms with van der Waals surface area (Å²) in [6.07, 6.45) is 2.82. The lowest BCUT2D eigenvalue weighted by molar-refractivity contribution is 0.318. The summed E-state index contributed by atoms with van der Waals surface area (Å²) in [5.74, 6) is 1.79. The van der Waals surface area contributed by atoms with E-state index >= 15 is 0 Å². The standard InChI is InChI=1S/C8H17N.C2H6O/c1-6-4-5-7(2)8(6)9-3;1-2-3/h6-9H,4-5H2,1-3H3;3H,2H2,1H3.